The number of carbonyl (C=O) groups excluding carboxylic acids is 2. The van der Waals surface area contributed by atoms with Gasteiger partial charge in [0.1, 0.15) is 0 Å². The van der Waals surface area contributed by atoms with E-state index in [9.17, 15) is 29.4 Å². The van der Waals surface area contributed by atoms with Crippen molar-refractivity contribution in [1.82, 2.24) is 20.6 Å². The highest BCUT2D eigenvalue weighted by Gasteiger charge is 2.37. The number of nitrogens with one attached hydrogen (secondary N) is 4. The predicted molar refractivity (Wildman–Crippen MR) is 180 cm³/mol. The fourth-order valence-electron chi connectivity index (χ4n) is 6.19. The first-order chi connectivity index (χ1) is 21.2. The van der Waals surface area contributed by atoms with Crippen molar-refractivity contribution >= 4 is 67.2 Å². The third kappa shape index (κ3) is 7.33. The Bertz CT molecular complexity index is 1760. The van der Waals surface area contributed by atoms with Crippen LogP contribution in [0.5, 0.6) is 0 Å². The second-order valence-corrected chi connectivity index (χ2v) is 12.8. The van der Waals surface area contributed by atoms with Gasteiger partial charge in [0, 0.05) is 63.3 Å². The van der Waals surface area contributed by atoms with Gasteiger partial charge in [-0.15, -0.1) is 0 Å². The lowest BCUT2D eigenvalue weighted by Crippen LogP contribution is -2.29. The van der Waals surface area contributed by atoms with E-state index < -0.39 is 11.9 Å². The van der Waals surface area contributed by atoms with E-state index in [-0.39, 0.29) is 60.6 Å². The maximum Gasteiger partial charge on any atom is 0.303 e. The highest BCUT2D eigenvalue weighted by molar-refractivity contribution is 7.83. The first kappa shape index (κ1) is 34.0. The van der Waals surface area contributed by atoms with Gasteiger partial charge in [-0.1, -0.05) is 13.8 Å². The van der Waals surface area contributed by atoms with Crippen molar-refractivity contribution in [3.8, 4) is 0 Å². The standard InChI is InChI=1S/C33H40N4O6S2/c1-15-20(6-8-29(38)39)26(34-23(15)12-25-17(3)22(10-11-44)33(43)36-25)14-27-21(7-9-30(40)41)16(2)24(35-27)13-28-31(19(5)45)18(4)32(42)37-28/h10-14,18-19,25,31,34-35,44-45H,6-9H2,1-5H3,(H,36,43)(H,37,42)(H,38,39)(H,40,41)/b11-10+,23-12+,26-14-,28-13-/t18-,19+,25-,31+/m1/s1. The average molecular weight is 653 g/mol. The maximum atomic E-state index is 12.5. The molecule has 0 saturated carbocycles. The van der Waals surface area contributed by atoms with E-state index in [1.165, 1.54) is 5.41 Å². The van der Waals surface area contributed by atoms with Crippen LogP contribution in [-0.4, -0.2) is 55.2 Å². The zero-order valence-corrected chi connectivity index (χ0v) is 27.7. The van der Waals surface area contributed by atoms with Crippen molar-refractivity contribution in [3.63, 3.8) is 0 Å². The molecule has 4 atom stereocenters. The minimum atomic E-state index is -0.926. The number of hydrogen-bond acceptors (Lipinski definition) is 6. The number of hydrogen-bond donors (Lipinski definition) is 8. The van der Waals surface area contributed by atoms with Crippen LogP contribution in [0.4, 0.5) is 0 Å². The van der Waals surface area contributed by atoms with Crippen molar-refractivity contribution in [2.75, 3.05) is 0 Å². The number of amides is 2. The summed E-state index contributed by atoms with van der Waals surface area (Å²) in [5, 5.41) is 27.8. The number of aliphatic carboxylic acids is 2. The third-order valence-corrected chi connectivity index (χ3v) is 9.23. The highest BCUT2D eigenvalue weighted by Crippen LogP contribution is 2.34. The van der Waals surface area contributed by atoms with Crippen LogP contribution in [0.2, 0.25) is 0 Å². The Morgan fingerprint density at radius 2 is 1.58 bits per heavy atom. The Morgan fingerprint density at radius 1 is 0.933 bits per heavy atom. The number of aromatic nitrogens is 2. The Hall–Kier alpha value is -3.90. The molecule has 0 aliphatic carbocycles. The van der Waals surface area contributed by atoms with E-state index in [0.717, 1.165) is 44.6 Å². The molecule has 0 spiro atoms. The molecule has 0 radical (unpaired) electrons. The van der Waals surface area contributed by atoms with E-state index in [1.54, 1.807) is 6.08 Å². The molecule has 6 N–H and O–H groups in total. The summed E-state index contributed by atoms with van der Waals surface area (Å²) >= 11 is 8.72. The van der Waals surface area contributed by atoms with Crippen molar-refractivity contribution in [2.24, 2.45) is 11.8 Å². The summed E-state index contributed by atoms with van der Waals surface area (Å²) in [5.74, 6) is -2.47. The minimum absolute atomic E-state index is 0.0692. The fraction of sp³-hybridized carbons (Fsp3) is 0.394. The van der Waals surface area contributed by atoms with Gasteiger partial charge >= 0.3 is 11.9 Å². The van der Waals surface area contributed by atoms with Gasteiger partial charge < -0.3 is 30.8 Å². The molecule has 2 aliphatic heterocycles. The van der Waals surface area contributed by atoms with Crippen molar-refractivity contribution in [3.05, 3.63) is 72.7 Å². The molecule has 0 aromatic carbocycles. The zero-order chi connectivity index (χ0) is 33.2. The lowest BCUT2D eigenvalue weighted by atomic mass is 9.91. The van der Waals surface area contributed by atoms with E-state index in [2.05, 4.69) is 45.9 Å². The molecular weight excluding hydrogens is 613 g/mol. The molecule has 2 amide bonds. The average Bonchev–Trinajstić information content (AvgIpc) is 3.60. The van der Waals surface area contributed by atoms with Gasteiger partial charge in [-0.05, 0) is 91.2 Å². The smallest absolute Gasteiger partial charge is 0.303 e. The number of H-pyrrole nitrogens is 2. The molecule has 4 rings (SSSR count). The first-order valence-corrected chi connectivity index (χ1v) is 15.9. The van der Waals surface area contributed by atoms with Crippen LogP contribution >= 0.6 is 25.3 Å². The van der Waals surface area contributed by atoms with E-state index in [4.69, 9.17) is 0 Å². The summed E-state index contributed by atoms with van der Waals surface area (Å²) in [6.45, 7) is 9.52. The van der Waals surface area contributed by atoms with Crippen LogP contribution in [0.1, 0.15) is 67.3 Å². The van der Waals surface area contributed by atoms with Crippen LogP contribution in [0, 0.1) is 25.7 Å². The van der Waals surface area contributed by atoms with Crippen molar-refractivity contribution < 1.29 is 29.4 Å². The first-order valence-electron chi connectivity index (χ1n) is 14.8. The molecule has 2 aromatic heterocycles. The van der Waals surface area contributed by atoms with E-state index in [1.807, 2.05) is 52.8 Å². The number of allylic oxidation sites excluding steroid dienone is 1. The molecule has 0 bridgehead atoms. The molecule has 45 heavy (non-hydrogen) atoms. The third-order valence-electron chi connectivity index (χ3n) is 8.76. The molecule has 4 heterocycles. The SMILES string of the molecule is CC1=C(/C=C/S)C(=O)N[C@@H]1/C=c1/[nH]/c(=C\c2[nH]c(/C=C3\NC(=O)[C@H](C)[C@H]3[C@H](C)S)c(C)c2CCC(=O)O)c(CCC(=O)O)c1C. The van der Waals surface area contributed by atoms with Gasteiger partial charge in [-0.2, -0.15) is 25.3 Å². The van der Waals surface area contributed by atoms with Gasteiger partial charge in [0.2, 0.25) is 5.91 Å². The van der Waals surface area contributed by atoms with Crippen LogP contribution in [0.3, 0.4) is 0 Å². The predicted octanol–water partition coefficient (Wildman–Crippen LogP) is 2.90. The minimum Gasteiger partial charge on any atom is -0.481 e. The summed E-state index contributed by atoms with van der Waals surface area (Å²) < 4.78 is 0. The van der Waals surface area contributed by atoms with Crippen LogP contribution in [0.25, 0.3) is 18.2 Å². The monoisotopic (exact) mass is 652 g/mol. The van der Waals surface area contributed by atoms with E-state index in [0.29, 0.717) is 16.6 Å². The molecule has 1 fully saturated rings. The number of rotatable bonds is 11. The molecular formula is C33H40N4O6S2. The van der Waals surface area contributed by atoms with E-state index >= 15 is 0 Å². The lowest BCUT2D eigenvalue weighted by Gasteiger charge is -2.17. The summed E-state index contributed by atoms with van der Waals surface area (Å²) in [5.41, 5.74) is 6.89. The maximum absolute atomic E-state index is 12.5. The largest absolute Gasteiger partial charge is 0.481 e. The Labute approximate surface area is 272 Å². The van der Waals surface area contributed by atoms with Crippen LogP contribution in [-0.2, 0) is 32.0 Å². The quantitative estimate of drug-likeness (QED) is 0.174. The summed E-state index contributed by atoms with van der Waals surface area (Å²) in [6, 6.07) is -0.363. The molecule has 0 unspecified atom stereocenters. The normalized spacial score (nSPS) is 22.6. The summed E-state index contributed by atoms with van der Waals surface area (Å²) in [4.78, 5) is 55.0. The molecule has 10 nitrogen and oxygen atoms in total. The van der Waals surface area contributed by atoms with Crippen molar-refractivity contribution in [1.29, 1.82) is 0 Å². The van der Waals surface area contributed by atoms with Crippen LogP contribution < -0.4 is 21.3 Å². The molecule has 1 saturated heterocycles. The second kappa shape index (κ2) is 14.0. The van der Waals surface area contributed by atoms with Crippen molar-refractivity contribution in [2.45, 2.75) is 71.6 Å². The number of thiol groups is 2. The number of carboxylic acids is 2. The second-order valence-electron chi connectivity index (χ2n) is 11.7. The molecule has 12 heteroatoms. The highest BCUT2D eigenvalue weighted by atomic mass is 32.1. The Balaban J connectivity index is 1.89. The molecule has 2 aliphatic rings. The topological polar surface area (TPSA) is 164 Å². The van der Waals surface area contributed by atoms with Gasteiger partial charge in [-0.25, -0.2) is 0 Å². The zero-order valence-electron chi connectivity index (χ0n) is 25.9. The molecule has 240 valence electrons. The number of aromatic amines is 2. The number of carbonyl (C=O) groups is 4. The van der Waals surface area contributed by atoms with Gasteiger partial charge in [0.05, 0.1) is 6.04 Å². The van der Waals surface area contributed by atoms with Crippen LogP contribution in [0.15, 0.2) is 28.3 Å². The summed E-state index contributed by atoms with van der Waals surface area (Å²) in [7, 11) is 0. The van der Waals surface area contributed by atoms with Gasteiger partial charge in [-0.3, -0.25) is 19.2 Å². The van der Waals surface area contributed by atoms with Gasteiger partial charge in [0.25, 0.3) is 5.91 Å². The Kier molecular flexibility index (Phi) is 10.6. The Morgan fingerprint density at radius 3 is 2.18 bits per heavy atom. The lowest BCUT2D eigenvalue weighted by molar-refractivity contribution is -0.138. The fourth-order valence-corrected chi connectivity index (χ4v) is 6.76. The van der Waals surface area contributed by atoms with Gasteiger partial charge in [0.15, 0.2) is 0 Å². The number of carboxylic acid groups (broad SMARTS) is 2. The molecule has 2 aromatic rings. The summed E-state index contributed by atoms with van der Waals surface area (Å²) in [6.07, 6.45) is 7.72.